The van der Waals surface area contributed by atoms with Crippen molar-refractivity contribution in [2.45, 2.75) is 25.9 Å². The summed E-state index contributed by atoms with van der Waals surface area (Å²) in [4.78, 5) is 11.4. The molecular weight excluding hydrogens is 232 g/mol. The van der Waals surface area contributed by atoms with Gasteiger partial charge in [-0.25, -0.2) is 0 Å². The lowest BCUT2D eigenvalue weighted by atomic mass is 10.1. The fraction of sp³-hybridized carbons (Fsp3) is 0.500. The Hall–Kier alpha value is -1.55. The molecular formula is C14H18O4. The highest BCUT2D eigenvalue weighted by Gasteiger charge is 2.18. The Morgan fingerprint density at radius 1 is 1.28 bits per heavy atom. The van der Waals surface area contributed by atoms with Gasteiger partial charge in [-0.3, -0.25) is 4.79 Å². The number of ether oxygens (including phenoxy) is 3. The highest BCUT2D eigenvalue weighted by molar-refractivity contribution is 5.94. The summed E-state index contributed by atoms with van der Waals surface area (Å²) in [5.41, 5.74) is 0.637. The average molecular weight is 250 g/mol. The van der Waals surface area contributed by atoms with E-state index < -0.39 is 0 Å². The quantitative estimate of drug-likeness (QED) is 0.770. The predicted octanol–water partition coefficient (Wildman–Crippen LogP) is 2.46. The van der Waals surface area contributed by atoms with Crippen molar-refractivity contribution >= 4 is 5.78 Å². The number of hydrogen-bond donors (Lipinski definition) is 0. The van der Waals surface area contributed by atoms with Crippen LogP contribution in [0.4, 0.5) is 0 Å². The zero-order valence-electron chi connectivity index (χ0n) is 10.8. The number of ketones is 1. The van der Waals surface area contributed by atoms with E-state index in [1.54, 1.807) is 32.2 Å². The molecule has 2 rings (SSSR count). The van der Waals surface area contributed by atoms with Crippen LogP contribution in [-0.2, 0) is 4.74 Å². The standard InChI is InChI=1S/C14H18O4/c1-10(15)11-3-4-13(16-2)14(9-11)18-12-5-7-17-8-6-12/h3-4,9,12H,5-8H2,1-2H3. The van der Waals surface area contributed by atoms with Gasteiger partial charge in [0.25, 0.3) is 0 Å². The van der Waals surface area contributed by atoms with Gasteiger partial charge in [-0.1, -0.05) is 0 Å². The number of rotatable bonds is 4. The van der Waals surface area contributed by atoms with E-state index in [0.29, 0.717) is 17.1 Å². The number of Topliss-reactive ketones (excluding diaryl/α,β-unsaturated/α-hetero) is 1. The molecule has 1 aromatic carbocycles. The van der Waals surface area contributed by atoms with Crippen LogP contribution in [0.15, 0.2) is 18.2 Å². The monoisotopic (exact) mass is 250 g/mol. The summed E-state index contributed by atoms with van der Waals surface area (Å²) < 4.78 is 16.5. The first kappa shape index (κ1) is 12.9. The van der Waals surface area contributed by atoms with Gasteiger partial charge in [0.1, 0.15) is 6.10 Å². The predicted molar refractivity (Wildman–Crippen MR) is 67.5 cm³/mol. The van der Waals surface area contributed by atoms with Gasteiger partial charge in [-0.05, 0) is 25.1 Å². The molecule has 0 amide bonds. The molecule has 0 unspecified atom stereocenters. The van der Waals surface area contributed by atoms with E-state index in [2.05, 4.69) is 0 Å². The normalized spacial score (nSPS) is 16.3. The SMILES string of the molecule is COc1ccc(C(C)=O)cc1OC1CCOCC1. The minimum atomic E-state index is 0.0227. The summed E-state index contributed by atoms with van der Waals surface area (Å²) in [5.74, 6) is 1.32. The molecule has 1 fully saturated rings. The van der Waals surface area contributed by atoms with E-state index in [4.69, 9.17) is 14.2 Å². The second-order valence-corrected chi connectivity index (χ2v) is 4.35. The Labute approximate surface area is 107 Å². The molecule has 0 atom stereocenters. The zero-order valence-corrected chi connectivity index (χ0v) is 10.8. The molecule has 4 nitrogen and oxygen atoms in total. The van der Waals surface area contributed by atoms with Gasteiger partial charge in [0, 0.05) is 18.4 Å². The number of hydrogen-bond acceptors (Lipinski definition) is 4. The van der Waals surface area contributed by atoms with Crippen LogP contribution >= 0.6 is 0 Å². The zero-order chi connectivity index (χ0) is 13.0. The molecule has 0 bridgehead atoms. The van der Waals surface area contributed by atoms with Crippen LogP contribution in [0.3, 0.4) is 0 Å². The summed E-state index contributed by atoms with van der Waals surface area (Å²) in [5, 5.41) is 0. The average Bonchev–Trinajstić information content (AvgIpc) is 2.39. The fourth-order valence-electron chi connectivity index (χ4n) is 1.96. The van der Waals surface area contributed by atoms with Crippen molar-refractivity contribution in [1.29, 1.82) is 0 Å². The summed E-state index contributed by atoms with van der Waals surface area (Å²) in [6.45, 7) is 2.98. The van der Waals surface area contributed by atoms with Crippen molar-refractivity contribution in [1.82, 2.24) is 0 Å². The van der Waals surface area contributed by atoms with E-state index in [1.165, 1.54) is 0 Å². The summed E-state index contributed by atoms with van der Waals surface area (Å²) in [6, 6.07) is 5.26. The first-order chi connectivity index (χ1) is 8.70. The first-order valence-electron chi connectivity index (χ1n) is 6.14. The van der Waals surface area contributed by atoms with Gasteiger partial charge in [0.15, 0.2) is 17.3 Å². The maximum atomic E-state index is 11.4. The molecule has 4 heteroatoms. The molecule has 0 spiro atoms. The van der Waals surface area contributed by atoms with Crippen LogP contribution in [0, 0.1) is 0 Å². The van der Waals surface area contributed by atoms with Crippen LogP contribution < -0.4 is 9.47 Å². The lowest BCUT2D eigenvalue weighted by Crippen LogP contribution is -2.26. The highest BCUT2D eigenvalue weighted by Crippen LogP contribution is 2.30. The molecule has 0 N–H and O–H groups in total. The van der Waals surface area contributed by atoms with Crippen molar-refractivity contribution in [2.75, 3.05) is 20.3 Å². The Balaban J connectivity index is 2.17. The van der Waals surface area contributed by atoms with Crippen LogP contribution in [0.25, 0.3) is 0 Å². The molecule has 0 saturated carbocycles. The lowest BCUT2D eigenvalue weighted by Gasteiger charge is -2.24. The van der Waals surface area contributed by atoms with Gasteiger partial charge in [-0.2, -0.15) is 0 Å². The number of benzene rings is 1. The van der Waals surface area contributed by atoms with Crippen LogP contribution in [0.1, 0.15) is 30.1 Å². The second kappa shape index (κ2) is 5.87. The summed E-state index contributed by atoms with van der Waals surface area (Å²) >= 11 is 0. The molecule has 0 radical (unpaired) electrons. The highest BCUT2D eigenvalue weighted by atomic mass is 16.5. The Morgan fingerprint density at radius 2 is 2.00 bits per heavy atom. The molecule has 1 saturated heterocycles. The Morgan fingerprint density at radius 3 is 2.61 bits per heavy atom. The molecule has 18 heavy (non-hydrogen) atoms. The molecule has 98 valence electrons. The van der Waals surface area contributed by atoms with Crippen molar-refractivity contribution in [3.8, 4) is 11.5 Å². The Kier molecular flexibility index (Phi) is 4.20. The van der Waals surface area contributed by atoms with Crippen molar-refractivity contribution in [2.24, 2.45) is 0 Å². The van der Waals surface area contributed by atoms with E-state index in [1.807, 2.05) is 0 Å². The van der Waals surface area contributed by atoms with Crippen LogP contribution in [-0.4, -0.2) is 32.2 Å². The second-order valence-electron chi connectivity index (χ2n) is 4.35. The molecule has 0 aromatic heterocycles. The van der Waals surface area contributed by atoms with Crippen LogP contribution in [0.2, 0.25) is 0 Å². The summed E-state index contributed by atoms with van der Waals surface area (Å²) in [6.07, 6.45) is 1.87. The number of methoxy groups -OCH3 is 1. The minimum absolute atomic E-state index is 0.0227. The number of carbonyl (C=O) groups excluding carboxylic acids is 1. The molecule has 0 aliphatic carbocycles. The van der Waals surface area contributed by atoms with E-state index >= 15 is 0 Å². The maximum absolute atomic E-state index is 11.4. The van der Waals surface area contributed by atoms with Crippen molar-refractivity contribution in [3.63, 3.8) is 0 Å². The molecule has 1 aliphatic rings. The van der Waals surface area contributed by atoms with Gasteiger partial charge < -0.3 is 14.2 Å². The van der Waals surface area contributed by atoms with Crippen molar-refractivity contribution in [3.05, 3.63) is 23.8 Å². The topological polar surface area (TPSA) is 44.8 Å². The third-order valence-corrected chi connectivity index (χ3v) is 3.03. The van der Waals surface area contributed by atoms with Crippen LogP contribution in [0.5, 0.6) is 11.5 Å². The van der Waals surface area contributed by atoms with Gasteiger partial charge in [0.2, 0.25) is 0 Å². The Bertz CT molecular complexity index is 422. The van der Waals surface area contributed by atoms with E-state index in [0.717, 1.165) is 26.1 Å². The van der Waals surface area contributed by atoms with Gasteiger partial charge >= 0.3 is 0 Å². The maximum Gasteiger partial charge on any atom is 0.162 e. The summed E-state index contributed by atoms with van der Waals surface area (Å²) in [7, 11) is 1.60. The third-order valence-electron chi connectivity index (χ3n) is 3.03. The first-order valence-corrected chi connectivity index (χ1v) is 6.14. The minimum Gasteiger partial charge on any atom is -0.493 e. The largest absolute Gasteiger partial charge is 0.493 e. The molecule has 1 aliphatic heterocycles. The fourth-order valence-corrected chi connectivity index (χ4v) is 1.96. The van der Waals surface area contributed by atoms with E-state index in [-0.39, 0.29) is 11.9 Å². The lowest BCUT2D eigenvalue weighted by molar-refractivity contribution is 0.0245. The smallest absolute Gasteiger partial charge is 0.162 e. The number of carbonyl (C=O) groups is 1. The van der Waals surface area contributed by atoms with E-state index in [9.17, 15) is 4.79 Å². The molecule has 1 heterocycles. The van der Waals surface area contributed by atoms with Gasteiger partial charge in [-0.15, -0.1) is 0 Å². The van der Waals surface area contributed by atoms with Gasteiger partial charge in [0.05, 0.1) is 20.3 Å². The van der Waals surface area contributed by atoms with Crippen molar-refractivity contribution < 1.29 is 19.0 Å². The molecule has 1 aromatic rings. The third kappa shape index (κ3) is 3.01.